The maximum atomic E-state index is 13.4. The molecule has 5 heteroatoms. The SMILES string of the molecule is CCOC(=O)CN(C)CC[C@@H](Oc1ccc(-c2ccccc2)cc1)c1ccc(F)cc1. The first-order valence-corrected chi connectivity index (χ1v) is 10.5. The molecule has 0 aliphatic heterocycles. The van der Waals surface area contributed by atoms with Crippen LogP contribution in [-0.2, 0) is 9.53 Å². The molecule has 0 unspecified atom stereocenters. The molecule has 0 saturated carbocycles. The number of rotatable bonds is 10. The number of hydrogen-bond acceptors (Lipinski definition) is 4. The quantitative estimate of drug-likeness (QED) is 0.405. The molecule has 0 amide bonds. The Morgan fingerprint density at radius 2 is 1.58 bits per heavy atom. The normalized spacial score (nSPS) is 11.9. The van der Waals surface area contributed by atoms with E-state index in [9.17, 15) is 9.18 Å². The van der Waals surface area contributed by atoms with Gasteiger partial charge in [-0.1, -0.05) is 54.6 Å². The second-order valence-electron chi connectivity index (χ2n) is 7.38. The summed E-state index contributed by atoms with van der Waals surface area (Å²) < 4.78 is 24.7. The summed E-state index contributed by atoms with van der Waals surface area (Å²) in [7, 11) is 1.87. The lowest BCUT2D eigenvalue weighted by Crippen LogP contribution is -2.29. The Bertz CT molecular complexity index is 943. The number of ether oxygens (including phenoxy) is 2. The zero-order chi connectivity index (χ0) is 22.1. The number of halogens is 1. The fraction of sp³-hybridized carbons (Fsp3) is 0.269. The van der Waals surface area contributed by atoms with Gasteiger partial charge in [0.2, 0.25) is 0 Å². The average Bonchev–Trinajstić information content (AvgIpc) is 2.78. The molecule has 0 radical (unpaired) electrons. The second kappa shape index (κ2) is 11.3. The molecule has 3 rings (SSSR count). The molecule has 3 aromatic carbocycles. The Kier molecular flexibility index (Phi) is 8.19. The lowest BCUT2D eigenvalue weighted by atomic mass is 10.0. The van der Waals surface area contributed by atoms with E-state index in [0.29, 0.717) is 19.6 Å². The van der Waals surface area contributed by atoms with Crippen molar-refractivity contribution in [1.29, 1.82) is 0 Å². The van der Waals surface area contributed by atoms with Gasteiger partial charge >= 0.3 is 5.97 Å². The molecule has 0 aliphatic carbocycles. The van der Waals surface area contributed by atoms with Crippen molar-refractivity contribution in [2.75, 3.05) is 26.7 Å². The molecule has 0 fully saturated rings. The Morgan fingerprint density at radius 3 is 2.23 bits per heavy atom. The van der Waals surface area contributed by atoms with E-state index in [1.807, 2.05) is 54.4 Å². The topological polar surface area (TPSA) is 38.8 Å². The van der Waals surface area contributed by atoms with Crippen LogP contribution in [0.3, 0.4) is 0 Å². The van der Waals surface area contributed by atoms with Gasteiger partial charge in [-0.3, -0.25) is 9.69 Å². The third-order valence-corrected chi connectivity index (χ3v) is 4.96. The number of hydrogen-bond donors (Lipinski definition) is 0. The third-order valence-electron chi connectivity index (χ3n) is 4.96. The van der Waals surface area contributed by atoms with E-state index in [2.05, 4.69) is 12.1 Å². The molecule has 0 aliphatic rings. The summed E-state index contributed by atoms with van der Waals surface area (Å²) in [6.45, 7) is 3.01. The van der Waals surface area contributed by atoms with Crippen LogP contribution in [0.15, 0.2) is 78.9 Å². The monoisotopic (exact) mass is 421 g/mol. The summed E-state index contributed by atoms with van der Waals surface area (Å²) in [6.07, 6.45) is 0.370. The summed E-state index contributed by atoms with van der Waals surface area (Å²) in [6, 6.07) is 24.4. The van der Waals surface area contributed by atoms with Crippen LogP contribution >= 0.6 is 0 Å². The first kappa shape index (κ1) is 22.5. The van der Waals surface area contributed by atoms with Gasteiger partial charge in [0.1, 0.15) is 17.7 Å². The maximum absolute atomic E-state index is 13.4. The van der Waals surface area contributed by atoms with Crippen molar-refractivity contribution in [2.24, 2.45) is 0 Å². The number of likely N-dealkylation sites (N-methyl/N-ethyl adjacent to an activating group) is 1. The predicted octanol–water partition coefficient (Wildman–Crippen LogP) is 5.50. The highest BCUT2D eigenvalue weighted by Crippen LogP contribution is 2.28. The van der Waals surface area contributed by atoms with Crippen molar-refractivity contribution < 1.29 is 18.7 Å². The molecular weight excluding hydrogens is 393 g/mol. The minimum absolute atomic E-state index is 0.218. The zero-order valence-electron chi connectivity index (χ0n) is 18.0. The summed E-state index contributed by atoms with van der Waals surface area (Å²) in [5, 5.41) is 0. The lowest BCUT2D eigenvalue weighted by molar-refractivity contribution is -0.144. The summed E-state index contributed by atoms with van der Waals surface area (Å²) in [5.74, 6) is 0.206. The molecule has 31 heavy (non-hydrogen) atoms. The molecule has 1 atom stereocenters. The van der Waals surface area contributed by atoms with E-state index in [-0.39, 0.29) is 24.4 Å². The molecule has 0 saturated heterocycles. The van der Waals surface area contributed by atoms with Crippen molar-refractivity contribution in [3.8, 4) is 16.9 Å². The van der Waals surface area contributed by atoms with Crippen molar-refractivity contribution in [3.63, 3.8) is 0 Å². The molecule has 4 nitrogen and oxygen atoms in total. The van der Waals surface area contributed by atoms with Gasteiger partial charge in [0.05, 0.1) is 13.2 Å². The number of carbonyl (C=O) groups is 1. The van der Waals surface area contributed by atoms with Gasteiger partial charge in [-0.2, -0.15) is 0 Å². The Balaban J connectivity index is 1.69. The van der Waals surface area contributed by atoms with Crippen molar-refractivity contribution in [1.82, 2.24) is 4.90 Å². The van der Waals surface area contributed by atoms with Crippen LogP contribution in [0.2, 0.25) is 0 Å². The zero-order valence-corrected chi connectivity index (χ0v) is 18.0. The fourth-order valence-electron chi connectivity index (χ4n) is 3.34. The minimum atomic E-state index is -0.283. The molecular formula is C26H28FNO3. The van der Waals surface area contributed by atoms with Crippen molar-refractivity contribution >= 4 is 5.97 Å². The highest BCUT2D eigenvalue weighted by atomic mass is 19.1. The summed E-state index contributed by atoms with van der Waals surface area (Å²) >= 11 is 0. The first-order chi connectivity index (χ1) is 15.0. The molecule has 0 N–H and O–H groups in total. The highest BCUT2D eigenvalue weighted by Gasteiger charge is 2.16. The van der Waals surface area contributed by atoms with Crippen LogP contribution in [0.1, 0.15) is 25.0 Å². The lowest BCUT2D eigenvalue weighted by Gasteiger charge is -2.23. The van der Waals surface area contributed by atoms with E-state index in [0.717, 1.165) is 22.4 Å². The van der Waals surface area contributed by atoms with E-state index in [1.54, 1.807) is 19.1 Å². The van der Waals surface area contributed by atoms with Gasteiger partial charge < -0.3 is 9.47 Å². The molecule has 0 bridgehead atoms. The third kappa shape index (κ3) is 6.93. The van der Waals surface area contributed by atoms with Crippen LogP contribution in [0.4, 0.5) is 4.39 Å². The fourth-order valence-corrected chi connectivity index (χ4v) is 3.34. The van der Waals surface area contributed by atoms with Gasteiger partial charge in [-0.15, -0.1) is 0 Å². The minimum Gasteiger partial charge on any atom is -0.486 e. The van der Waals surface area contributed by atoms with Crippen LogP contribution < -0.4 is 4.74 Å². The average molecular weight is 422 g/mol. The standard InChI is InChI=1S/C26H28FNO3/c1-3-30-26(29)19-28(2)18-17-25(22-9-13-23(27)14-10-22)31-24-15-11-21(12-16-24)20-7-5-4-6-8-20/h4-16,25H,3,17-19H2,1-2H3/t25-/m1/s1. The van der Waals surface area contributed by atoms with Gasteiger partial charge in [-0.25, -0.2) is 4.39 Å². The molecule has 162 valence electrons. The Morgan fingerprint density at radius 1 is 0.935 bits per heavy atom. The Hall–Kier alpha value is -3.18. The van der Waals surface area contributed by atoms with Gasteiger partial charge in [0.25, 0.3) is 0 Å². The number of carbonyl (C=O) groups excluding carboxylic acids is 1. The van der Waals surface area contributed by atoms with Crippen LogP contribution in [0, 0.1) is 5.82 Å². The number of esters is 1. The van der Waals surface area contributed by atoms with Crippen molar-refractivity contribution in [2.45, 2.75) is 19.4 Å². The number of nitrogens with zero attached hydrogens (tertiary/aromatic N) is 1. The van der Waals surface area contributed by atoms with E-state index in [4.69, 9.17) is 9.47 Å². The van der Waals surface area contributed by atoms with Crippen LogP contribution in [0.25, 0.3) is 11.1 Å². The Labute approximate surface area is 183 Å². The van der Waals surface area contributed by atoms with E-state index in [1.165, 1.54) is 12.1 Å². The van der Waals surface area contributed by atoms with Gasteiger partial charge in [0.15, 0.2) is 0 Å². The summed E-state index contributed by atoms with van der Waals surface area (Å²) in [5.41, 5.74) is 3.14. The molecule has 0 heterocycles. The molecule has 0 spiro atoms. The highest BCUT2D eigenvalue weighted by molar-refractivity contribution is 5.71. The van der Waals surface area contributed by atoms with Crippen LogP contribution in [0.5, 0.6) is 5.75 Å². The molecule has 3 aromatic rings. The van der Waals surface area contributed by atoms with E-state index >= 15 is 0 Å². The van der Waals surface area contributed by atoms with Gasteiger partial charge in [0, 0.05) is 13.0 Å². The second-order valence-corrected chi connectivity index (χ2v) is 7.38. The van der Waals surface area contributed by atoms with E-state index < -0.39 is 0 Å². The van der Waals surface area contributed by atoms with Crippen LogP contribution in [-0.4, -0.2) is 37.6 Å². The molecule has 0 aromatic heterocycles. The largest absolute Gasteiger partial charge is 0.486 e. The first-order valence-electron chi connectivity index (χ1n) is 10.5. The van der Waals surface area contributed by atoms with Crippen molar-refractivity contribution in [3.05, 3.63) is 90.2 Å². The van der Waals surface area contributed by atoms with Gasteiger partial charge in [-0.05, 0) is 54.9 Å². The smallest absolute Gasteiger partial charge is 0.320 e. The maximum Gasteiger partial charge on any atom is 0.320 e. The predicted molar refractivity (Wildman–Crippen MR) is 120 cm³/mol. The number of benzene rings is 3. The summed E-state index contributed by atoms with van der Waals surface area (Å²) in [4.78, 5) is 13.6.